The summed E-state index contributed by atoms with van der Waals surface area (Å²) in [5, 5.41) is 6.93. The van der Waals surface area contributed by atoms with Crippen LogP contribution in [0.5, 0.6) is 0 Å². The normalized spacial score (nSPS) is 14.8. The summed E-state index contributed by atoms with van der Waals surface area (Å²) in [7, 11) is 1.83. The first-order valence-corrected chi connectivity index (χ1v) is 11.2. The second-order valence-corrected chi connectivity index (χ2v) is 7.93. The van der Waals surface area contributed by atoms with Crippen LogP contribution in [0.2, 0.25) is 0 Å². The molecule has 6 nitrogen and oxygen atoms in total. The van der Waals surface area contributed by atoms with Gasteiger partial charge in [0.25, 0.3) is 5.91 Å². The summed E-state index contributed by atoms with van der Waals surface area (Å²) in [6, 6.07) is 12.2. The number of rotatable bonds is 6. The standard InChI is InChI=1S/C22H31N5OS/c1-4-25(5-2)21(28)19-10-8-18(9-11-19)17-24-22(23-3)27-14-12-26(13-15-27)20-7-6-16-29-20/h6-11,16H,4-5,12-15,17H2,1-3H3,(H,23,24). The molecule has 3 rings (SSSR count). The van der Waals surface area contributed by atoms with Crippen molar-refractivity contribution in [2.45, 2.75) is 20.4 Å². The highest BCUT2D eigenvalue weighted by Gasteiger charge is 2.20. The number of nitrogens with zero attached hydrogens (tertiary/aromatic N) is 4. The number of carbonyl (C=O) groups is 1. The molecule has 1 aliphatic heterocycles. The zero-order chi connectivity index (χ0) is 20.6. The monoisotopic (exact) mass is 413 g/mol. The van der Waals surface area contributed by atoms with Crippen molar-refractivity contribution in [1.82, 2.24) is 15.1 Å². The van der Waals surface area contributed by atoms with E-state index in [1.54, 1.807) is 11.3 Å². The molecule has 1 amide bonds. The third-order valence-corrected chi connectivity index (χ3v) is 6.24. The predicted molar refractivity (Wildman–Crippen MR) is 122 cm³/mol. The van der Waals surface area contributed by atoms with Crippen LogP contribution in [-0.2, 0) is 6.54 Å². The van der Waals surface area contributed by atoms with Crippen LogP contribution >= 0.6 is 11.3 Å². The number of carbonyl (C=O) groups excluding carboxylic acids is 1. The summed E-state index contributed by atoms with van der Waals surface area (Å²) in [6.07, 6.45) is 0. The average molecular weight is 414 g/mol. The lowest BCUT2D eigenvalue weighted by molar-refractivity contribution is 0.0773. The average Bonchev–Trinajstić information content (AvgIpc) is 3.31. The molecule has 0 spiro atoms. The third-order valence-electron chi connectivity index (χ3n) is 5.31. The molecule has 2 heterocycles. The Morgan fingerprint density at radius 2 is 1.79 bits per heavy atom. The van der Waals surface area contributed by atoms with Gasteiger partial charge in [-0.1, -0.05) is 12.1 Å². The van der Waals surface area contributed by atoms with Gasteiger partial charge in [-0.3, -0.25) is 9.79 Å². The van der Waals surface area contributed by atoms with E-state index in [-0.39, 0.29) is 5.91 Å². The Morgan fingerprint density at radius 1 is 1.10 bits per heavy atom. The van der Waals surface area contributed by atoms with Gasteiger partial charge in [-0.05, 0) is 49.1 Å². The highest BCUT2D eigenvalue weighted by atomic mass is 32.1. The van der Waals surface area contributed by atoms with Gasteiger partial charge < -0.3 is 20.0 Å². The maximum absolute atomic E-state index is 12.4. The maximum atomic E-state index is 12.4. The van der Waals surface area contributed by atoms with Crippen molar-refractivity contribution in [3.05, 3.63) is 52.9 Å². The molecular weight excluding hydrogens is 382 g/mol. The second-order valence-electron chi connectivity index (χ2n) is 7.00. The van der Waals surface area contributed by atoms with Gasteiger partial charge >= 0.3 is 0 Å². The van der Waals surface area contributed by atoms with E-state index in [1.807, 2.05) is 50.1 Å². The lowest BCUT2D eigenvalue weighted by Gasteiger charge is -2.37. The fourth-order valence-electron chi connectivity index (χ4n) is 3.56. The fraction of sp³-hybridized carbons (Fsp3) is 0.455. The number of amides is 1. The van der Waals surface area contributed by atoms with Crippen molar-refractivity contribution in [2.24, 2.45) is 4.99 Å². The Balaban J connectivity index is 1.51. The molecule has 0 radical (unpaired) electrons. The van der Waals surface area contributed by atoms with Crippen LogP contribution in [0.4, 0.5) is 5.00 Å². The van der Waals surface area contributed by atoms with Crippen LogP contribution in [0.3, 0.4) is 0 Å². The molecule has 0 saturated carbocycles. The molecule has 1 N–H and O–H groups in total. The van der Waals surface area contributed by atoms with E-state index >= 15 is 0 Å². The highest BCUT2D eigenvalue weighted by molar-refractivity contribution is 7.14. The summed E-state index contributed by atoms with van der Waals surface area (Å²) in [5.41, 5.74) is 1.88. The van der Waals surface area contributed by atoms with Crippen molar-refractivity contribution < 1.29 is 4.79 Å². The van der Waals surface area contributed by atoms with Crippen molar-refractivity contribution in [3.63, 3.8) is 0 Å². The van der Waals surface area contributed by atoms with E-state index in [4.69, 9.17) is 0 Å². The Morgan fingerprint density at radius 3 is 2.34 bits per heavy atom. The molecule has 1 fully saturated rings. The molecule has 1 aromatic carbocycles. The predicted octanol–water partition coefficient (Wildman–Crippen LogP) is 3.13. The number of guanidine groups is 1. The summed E-state index contributed by atoms with van der Waals surface area (Å²) >= 11 is 1.79. The van der Waals surface area contributed by atoms with Crippen LogP contribution in [0, 0.1) is 0 Å². The van der Waals surface area contributed by atoms with Gasteiger partial charge in [-0.25, -0.2) is 0 Å². The van der Waals surface area contributed by atoms with Crippen LogP contribution in [0.25, 0.3) is 0 Å². The minimum absolute atomic E-state index is 0.0916. The van der Waals surface area contributed by atoms with Crippen LogP contribution in [0.1, 0.15) is 29.8 Å². The van der Waals surface area contributed by atoms with E-state index in [1.165, 1.54) is 5.00 Å². The summed E-state index contributed by atoms with van der Waals surface area (Å²) in [6.45, 7) is 10.1. The van der Waals surface area contributed by atoms with E-state index in [9.17, 15) is 4.79 Å². The number of hydrogen-bond donors (Lipinski definition) is 1. The number of anilines is 1. The number of nitrogens with one attached hydrogen (secondary N) is 1. The number of piperazine rings is 1. The Bertz CT molecular complexity index is 791. The summed E-state index contributed by atoms with van der Waals surface area (Å²) in [4.78, 5) is 23.5. The molecular formula is C22H31N5OS. The highest BCUT2D eigenvalue weighted by Crippen LogP contribution is 2.22. The summed E-state index contributed by atoms with van der Waals surface area (Å²) in [5.74, 6) is 1.02. The number of aliphatic imine (C=N–C) groups is 1. The van der Waals surface area contributed by atoms with Gasteiger partial charge in [0, 0.05) is 58.4 Å². The van der Waals surface area contributed by atoms with Crippen molar-refractivity contribution in [1.29, 1.82) is 0 Å². The molecule has 0 unspecified atom stereocenters. The van der Waals surface area contributed by atoms with Crippen LogP contribution < -0.4 is 10.2 Å². The number of hydrogen-bond acceptors (Lipinski definition) is 4. The molecule has 0 bridgehead atoms. The second kappa shape index (κ2) is 10.3. The lowest BCUT2D eigenvalue weighted by Crippen LogP contribution is -2.52. The molecule has 1 aromatic heterocycles. The SMILES string of the molecule is CCN(CC)C(=O)c1ccc(CNC(=NC)N2CCN(c3cccs3)CC2)cc1. The van der Waals surface area contributed by atoms with Gasteiger partial charge in [-0.2, -0.15) is 0 Å². The summed E-state index contributed by atoms with van der Waals surface area (Å²) < 4.78 is 0. The first kappa shape index (κ1) is 21.2. The third kappa shape index (κ3) is 5.29. The Labute approximate surface area is 177 Å². The minimum atomic E-state index is 0.0916. The quantitative estimate of drug-likeness (QED) is 0.584. The zero-order valence-electron chi connectivity index (χ0n) is 17.6. The number of benzene rings is 1. The molecule has 1 saturated heterocycles. The zero-order valence-corrected chi connectivity index (χ0v) is 18.4. The van der Waals surface area contributed by atoms with E-state index in [0.717, 1.165) is 56.4 Å². The Hall–Kier alpha value is -2.54. The molecule has 7 heteroatoms. The molecule has 1 aliphatic rings. The lowest BCUT2D eigenvalue weighted by atomic mass is 10.1. The van der Waals surface area contributed by atoms with E-state index < -0.39 is 0 Å². The minimum Gasteiger partial charge on any atom is -0.360 e. The van der Waals surface area contributed by atoms with E-state index in [2.05, 4.69) is 37.6 Å². The topological polar surface area (TPSA) is 51.2 Å². The smallest absolute Gasteiger partial charge is 0.253 e. The van der Waals surface area contributed by atoms with Gasteiger partial charge in [0.15, 0.2) is 5.96 Å². The van der Waals surface area contributed by atoms with Gasteiger partial charge in [0.1, 0.15) is 0 Å². The molecule has 156 valence electrons. The maximum Gasteiger partial charge on any atom is 0.253 e. The van der Waals surface area contributed by atoms with Crippen LogP contribution in [-0.4, -0.2) is 68.0 Å². The van der Waals surface area contributed by atoms with E-state index in [0.29, 0.717) is 6.54 Å². The van der Waals surface area contributed by atoms with Gasteiger partial charge in [0.2, 0.25) is 0 Å². The van der Waals surface area contributed by atoms with Crippen molar-refractivity contribution in [3.8, 4) is 0 Å². The molecule has 29 heavy (non-hydrogen) atoms. The van der Waals surface area contributed by atoms with Gasteiger partial charge in [0.05, 0.1) is 5.00 Å². The largest absolute Gasteiger partial charge is 0.360 e. The van der Waals surface area contributed by atoms with Gasteiger partial charge in [-0.15, -0.1) is 11.3 Å². The first-order valence-electron chi connectivity index (χ1n) is 10.3. The molecule has 2 aromatic rings. The van der Waals surface area contributed by atoms with Crippen molar-refractivity contribution in [2.75, 3.05) is 51.2 Å². The molecule has 0 aliphatic carbocycles. The first-order chi connectivity index (χ1) is 14.2. The Kier molecular flexibility index (Phi) is 7.52. The van der Waals surface area contributed by atoms with Crippen molar-refractivity contribution >= 4 is 28.2 Å². The molecule has 0 atom stereocenters. The fourth-order valence-corrected chi connectivity index (χ4v) is 4.35. The van der Waals surface area contributed by atoms with Crippen LogP contribution in [0.15, 0.2) is 46.8 Å². The number of thiophene rings is 1.